The van der Waals surface area contributed by atoms with Gasteiger partial charge in [0.1, 0.15) is 0 Å². The average molecular weight is 261 g/mol. The molecule has 0 aromatic heterocycles. The van der Waals surface area contributed by atoms with Crippen molar-refractivity contribution in [3.05, 3.63) is 23.8 Å². The molecule has 3 atom stereocenters. The summed E-state index contributed by atoms with van der Waals surface area (Å²) in [4.78, 5) is 0. The molecule has 1 aliphatic heterocycles. The van der Waals surface area contributed by atoms with Gasteiger partial charge in [-0.2, -0.15) is 0 Å². The van der Waals surface area contributed by atoms with Crippen molar-refractivity contribution in [3.8, 4) is 11.5 Å². The molecule has 2 N–H and O–H groups in total. The normalized spacial score (nSPS) is 29.5. The molecule has 0 bridgehead atoms. The van der Waals surface area contributed by atoms with Gasteiger partial charge in [-0.3, -0.25) is 0 Å². The van der Waals surface area contributed by atoms with Crippen LogP contribution in [-0.2, 0) is 0 Å². The van der Waals surface area contributed by atoms with Crippen LogP contribution >= 0.6 is 0 Å². The van der Waals surface area contributed by atoms with Gasteiger partial charge in [-0.15, -0.1) is 0 Å². The molecule has 1 aromatic carbocycles. The molecule has 104 valence electrons. The molecule has 0 radical (unpaired) electrons. The van der Waals surface area contributed by atoms with Gasteiger partial charge < -0.3 is 15.2 Å². The van der Waals surface area contributed by atoms with E-state index in [9.17, 15) is 0 Å². The summed E-state index contributed by atoms with van der Waals surface area (Å²) in [6, 6.07) is 6.24. The molecule has 0 saturated heterocycles. The summed E-state index contributed by atoms with van der Waals surface area (Å²) in [5.74, 6) is 2.69. The summed E-state index contributed by atoms with van der Waals surface area (Å²) in [5, 5.41) is 0. The average Bonchev–Trinajstić information content (AvgIpc) is 3.06. The Morgan fingerprint density at radius 3 is 2.47 bits per heavy atom. The van der Waals surface area contributed by atoms with Crippen molar-refractivity contribution < 1.29 is 9.47 Å². The molecular formula is C16H23NO2. The van der Waals surface area contributed by atoms with E-state index in [1.54, 1.807) is 0 Å². The van der Waals surface area contributed by atoms with Gasteiger partial charge in [0.15, 0.2) is 11.5 Å². The van der Waals surface area contributed by atoms with Gasteiger partial charge in [0.2, 0.25) is 0 Å². The van der Waals surface area contributed by atoms with Gasteiger partial charge in [0.25, 0.3) is 0 Å². The molecule has 1 fully saturated rings. The maximum atomic E-state index is 6.38. The van der Waals surface area contributed by atoms with Gasteiger partial charge in [-0.25, -0.2) is 0 Å². The van der Waals surface area contributed by atoms with Gasteiger partial charge >= 0.3 is 0 Å². The quantitative estimate of drug-likeness (QED) is 0.889. The molecular weight excluding hydrogens is 238 g/mol. The summed E-state index contributed by atoms with van der Waals surface area (Å²) in [6.45, 7) is 8.12. The van der Waals surface area contributed by atoms with E-state index in [2.05, 4.69) is 32.9 Å². The number of nitrogens with two attached hydrogens (primary N) is 1. The Hall–Kier alpha value is -1.22. The number of benzene rings is 1. The van der Waals surface area contributed by atoms with Crippen molar-refractivity contribution >= 4 is 0 Å². The van der Waals surface area contributed by atoms with Gasteiger partial charge in [0.05, 0.1) is 13.2 Å². The maximum absolute atomic E-state index is 6.38. The van der Waals surface area contributed by atoms with Gasteiger partial charge in [0, 0.05) is 12.0 Å². The van der Waals surface area contributed by atoms with Crippen LogP contribution in [0.4, 0.5) is 0 Å². The Kier molecular flexibility index (Phi) is 2.97. The van der Waals surface area contributed by atoms with E-state index in [-0.39, 0.29) is 6.04 Å². The second-order valence-electron chi connectivity index (χ2n) is 6.76. The molecule has 1 aromatic rings. The molecule has 19 heavy (non-hydrogen) atoms. The Bertz CT molecular complexity index is 484. The van der Waals surface area contributed by atoms with Crippen LogP contribution in [0.3, 0.4) is 0 Å². The third-order valence-corrected chi connectivity index (χ3v) is 4.42. The fourth-order valence-electron chi connectivity index (χ4n) is 2.83. The highest BCUT2D eigenvalue weighted by atomic mass is 16.5. The van der Waals surface area contributed by atoms with Gasteiger partial charge in [-0.1, -0.05) is 26.8 Å². The largest absolute Gasteiger partial charge is 0.489 e. The monoisotopic (exact) mass is 261 g/mol. The molecule has 0 spiro atoms. The Morgan fingerprint density at radius 1 is 1.21 bits per heavy atom. The van der Waals surface area contributed by atoms with E-state index >= 15 is 0 Å². The molecule has 2 aliphatic rings. The highest BCUT2D eigenvalue weighted by Crippen LogP contribution is 2.57. The van der Waals surface area contributed by atoms with Crippen molar-refractivity contribution in [2.24, 2.45) is 23.0 Å². The first-order chi connectivity index (χ1) is 8.97. The lowest BCUT2D eigenvalue weighted by Crippen LogP contribution is -2.15. The standard InChI is InChI=1S/C16H23NO2/c1-10-8-18-13-5-4-11(6-14(13)19-9-10)15(17)12-7-16(12,2)3/h4-6,10,12,15H,7-9,17H2,1-3H3. The van der Waals surface area contributed by atoms with Gasteiger partial charge in [-0.05, 0) is 35.4 Å². The van der Waals surface area contributed by atoms with Crippen molar-refractivity contribution in [2.45, 2.75) is 33.2 Å². The molecule has 3 nitrogen and oxygen atoms in total. The highest BCUT2D eigenvalue weighted by molar-refractivity contribution is 5.44. The molecule has 3 rings (SSSR count). The lowest BCUT2D eigenvalue weighted by Gasteiger charge is -2.16. The minimum Gasteiger partial charge on any atom is -0.489 e. The number of fused-ring (bicyclic) bond motifs is 1. The Labute approximate surface area is 115 Å². The van der Waals surface area contributed by atoms with Crippen LogP contribution in [0.1, 0.15) is 38.8 Å². The van der Waals surface area contributed by atoms with E-state index in [0.29, 0.717) is 30.5 Å². The summed E-state index contributed by atoms with van der Waals surface area (Å²) in [6.07, 6.45) is 1.21. The molecule has 3 unspecified atom stereocenters. The van der Waals surface area contributed by atoms with Crippen molar-refractivity contribution in [1.29, 1.82) is 0 Å². The highest BCUT2D eigenvalue weighted by Gasteiger charge is 2.49. The van der Waals surface area contributed by atoms with E-state index in [1.807, 2.05) is 6.07 Å². The van der Waals surface area contributed by atoms with Crippen LogP contribution < -0.4 is 15.2 Å². The van der Waals surface area contributed by atoms with Crippen LogP contribution in [0.15, 0.2) is 18.2 Å². The van der Waals surface area contributed by atoms with Crippen LogP contribution in [0.25, 0.3) is 0 Å². The molecule has 0 amide bonds. The predicted molar refractivity (Wildman–Crippen MR) is 75.4 cm³/mol. The molecule has 1 saturated carbocycles. The molecule has 1 heterocycles. The third kappa shape index (κ3) is 2.44. The lowest BCUT2D eigenvalue weighted by atomic mass is 9.97. The van der Waals surface area contributed by atoms with Crippen molar-refractivity contribution in [1.82, 2.24) is 0 Å². The van der Waals surface area contributed by atoms with Crippen LogP contribution in [0.5, 0.6) is 11.5 Å². The van der Waals surface area contributed by atoms with Crippen LogP contribution in [0.2, 0.25) is 0 Å². The summed E-state index contributed by atoms with van der Waals surface area (Å²) < 4.78 is 11.6. The second kappa shape index (κ2) is 4.41. The third-order valence-electron chi connectivity index (χ3n) is 4.42. The minimum atomic E-state index is 0.101. The first kappa shape index (κ1) is 12.8. The number of hydrogen-bond acceptors (Lipinski definition) is 3. The van der Waals surface area contributed by atoms with Crippen LogP contribution in [0, 0.1) is 17.3 Å². The summed E-state index contributed by atoms with van der Waals surface area (Å²) in [5.41, 5.74) is 7.93. The zero-order chi connectivity index (χ0) is 13.6. The molecule has 1 aliphatic carbocycles. The zero-order valence-corrected chi connectivity index (χ0v) is 12.0. The van der Waals surface area contributed by atoms with E-state index in [0.717, 1.165) is 17.1 Å². The first-order valence-corrected chi connectivity index (χ1v) is 7.12. The molecule has 3 heteroatoms. The SMILES string of the molecule is CC1COc2ccc(C(N)C3CC3(C)C)cc2OC1. The van der Waals surface area contributed by atoms with E-state index < -0.39 is 0 Å². The summed E-state index contributed by atoms with van der Waals surface area (Å²) in [7, 11) is 0. The fourth-order valence-corrected chi connectivity index (χ4v) is 2.83. The van der Waals surface area contributed by atoms with Crippen LogP contribution in [-0.4, -0.2) is 13.2 Å². The Morgan fingerprint density at radius 2 is 1.84 bits per heavy atom. The van der Waals surface area contributed by atoms with Crippen molar-refractivity contribution in [3.63, 3.8) is 0 Å². The second-order valence-corrected chi connectivity index (χ2v) is 6.76. The van der Waals surface area contributed by atoms with E-state index in [1.165, 1.54) is 6.42 Å². The topological polar surface area (TPSA) is 44.5 Å². The Balaban J connectivity index is 1.82. The lowest BCUT2D eigenvalue weighted by molar-refractivity contribution is 0.228. The van der Waals surface area contributed by atoms with Crippen molar-refractivity contribution in [2.75, 3.05) is 13.2 Å². The predicted octanol–water partition coefficient (Wildman–Crippen LogP) is 3.14. The zero-order valence-electron chi connectivity index (χ0n) is 12.0. The number of hydrogen-bond donors (Lipinski definition) is 1. The minimum absolute atomic E-state index is 0.101. The van der Waals surface area contributed by atoms with E-state index in [4.69, 9.17) is 15.2 Å². The number of rotatable bonds is 2. The first-order valence-electron chi connectivity index (χ1n) is 7.12. The summed E-state index contributed by atoms with van der Waals surface area (Å²) >= 11 is 0. The number of ether oxygens (including phenoxy) is 2. The smallest absolute Gasteiger partial charge is 0.161 e. The maximum Gasteiger partial charge on any atom is 0.161 e. The fraction of sp³-hybridized carbons (Fsp3) is 0.625.